The molecule has 6 atom stereocenters. The van der Waals surface area contributed by atoms with Crippen molar-refractivity contribution in [2.45, 2.75) is 102 Å². The van der Waals surface area contributed by atoms with Gasteiger partial charge in [-0.1, -0.05) is 62.4 Å². The van der Waals surface area contributed by atoms with Gasteiger partial charge >= 0.3 is 0 Å². The molecule has 2 aromatic heterocycles. The number of nitrogens with zero attached hydrogens (tertiary/aromatic N) is 1. The van der Waals surface area contributed by atoms with E-state index in [4.69, 9.17) is 16.9 Å². The van der Waals surface area contributed by atoms with E-state index < -0.39 is 77.6 Å². The summed E-state index contributed by atoms with van der Waals surface area (Å²) in [4.78, 5) is 104. The van der Waals surface area contributed by atoms with Crippen LogP contribution in [-0.4, -0.2) is 105 Å². The van der Waals surface area contributed by atoms with Gasteiger partial charge in [0.25, 0.3) is 0 Å². The average Bonchev–Trinajstić information content (AvgIpc) is 3.90. The molecule has 0 fully saturated rings. The number of rotatable bonds is 24. The Morgan fingerprint density at radius 1 is 0.683 bits per heavy atom. The highest BCUT2D eigenvalue weighted by atomic mass is 16.2. The molecule has 0 spiro atoms. The molecule has 14 N–H and O–H groups in total. The number of nitrogens with one attached hydrogen (secondary N) is 10. The van der Waals surface area contributed by atoms with Gasteiger partial charge in [0.1, 0.15) is 36.3 Å². The third-order valence-corrected chi connectivity index (χ3v) is 10.0. The maximum atomic E-state index is 14.3. The highest BCUT2D eigenvalue weighted by molar-refractivity contribution is 5.97. The molecule has 0 saturated heterocycles. The van der Waals surface area contributed by atoms with E-state index in [1.807, 2.05) is 38.1 Å². The van der Waals surface area contributed by atoms with E-state index in [0.29, 0.717) is 17.7 Å². The van der Waals surface area contributed by atoms with Crippen LogP contribution in [0.2, 0.25) is 0 Å². The Bertz CT molecular complexity index is 2190. The molecule has 0 aliphatic heterocycles. The molecule has 0 unspecified atom stereocenters. The van der Waals surface area contributed by atoms with Crippen molar-refractivity contribution in [3.8, 4) is 0 Å². The van der Waals surface area contributed by atoms with Crippen LogP contribution in [0.25, 0.3) is 10.9 Å². The number of fused-ring (bicyclic) bond motifs is 1. The number of imidazole rings is 1. The molecule has 0 bridgehead atoms. The van der Waals surface area contributed by atoms with E-state index in [9.17, 15) is 33.6 Å². The van der Waals surface area contributed by atoms with E-state index in [-0.39, 0.29) is 50.5 Å². The van der Waals surface area contributed by atoms with Crippen LogP contribution in [0.1, 0.15) is 63.8 Å². The first-order chi connectivity index (χ1) is 30.0. The molecule has 63 heavy (non-hydrogen) atoms. The number of carbonyl (C=O) groups excluding carboxylic acids is 7. The predicted molar refractivity (Wildman–Crippen MR) is 235 cm³/mol. The van der Waals surface area contributed by atoms with Crippen molar-refractivity contribution in [2.24, 2.45) is 17.4 Å². The number of amides is 7. The minimum atomic E-state index is -1.30. The number of aromatic amines is 2. The number of para-hydroxylation sites is 1. The summed E-state index contributed by atoms with van der Waals surface area (Å²) in [6, 6.07) is 9.23. The van der Waals surface area contributed by atoms with Gasteiger partial charge in [-0.2, -0.15) is 0 Å². The molecule has 20 nitrogen and oxygen atoms in total. The molecule has 2 heterocycles. The van der Waals surface area contributed by atoms with Gasteiger partial charge in [0.05, 0.1) is 12.0 Å². The Morgan fingerprint density at radius 3 is 1.92 bits per heavy atom. The van der Waals surface area contributed by atoms with Crippen molar-refractivity contribution >= 4 is 58.2 Å². The number of guanidine groups is 1. The van der Waals surface area contributed by atoms with Crippen molar-refractivity contribution in [1.82, 2.24) is 52.2 Å². The minimum absolute atomic E-state index is 0.0287. The molecule has 0 aliphatic carbocycles. The minimum Gasteiger partial charge on any atom is -0.370 e. The van der Waals surface area contributed by atoms with Crippen molar-refractivity contribution in [3.05, 3.63) is 90.1 Å². The largest absolute Gasteiger partial charge is 0.370 e. The van der Waals surface area contributed by atoms with Gasteiger partial charge < -0.3 is 58.7 Å². The zero-order chi connectivity index (χ0) is 46.1. The zero-order valence-corrected chi connectivity index (χ0v) is 35.9. The Kier molecular flexibility index (Phi) is 18.2. The molecular formula is C43H59N13O7. The van der Waals surface area contributed by atoms with Crippen LogP contribution < -0.4 is 48.7 Å². The van der Waals surface area contributed by atoms with Crippen LogP contribution in [0.4, 0.5) is 0 Å². The second kappa shape index (κ2) is 23.7. The lowest BCUT2D eigenvalue weighted by Gasteiger charge is -2.27. The SMILES string of the molecule is CC(=O)N[C@@H](CC(C)C)C(=O)N[C@@H](C)C(=O)N[C@@H](Cc1c[nH]cn1)C(=O)N[C@@H](Cc1ccccc1)C(=O)N[C@@H](CCCNC(=N)N)C(=O)N[C@@H](Cc1c[nH]c2ccccc12)C(N)=O. The Labute approximate surface area is 365 Å². The number of nitrogens with two attached hydrogens (primary N) is 2. The fraction of sp³-hybridized carbons (Fsp3) is 0.419. The lowest BCUT2D eigenvalue weighted by atomic mass is 10.0. The van der Waals surface area contributed by atoms with Crippen LogP contribution in [0.3, 0.4) is 0 Å². The highest BCUT2D eigenvalue weighted by Crippen LogP contribution is 2.19. The van der Waals surface area contributed by atoms with E-state index >= 15 is 0 Å². The number of aromatic nitrogens is 3. The Hall–Kier alpha value is -7.25. The first kappa shape index (κ1) is 48.4. The summed E-state index contributed by atoms with van der Waals surface area (Å²) >= 11 is 0. The lowest BCUT2D eigenvalue weighted by molar-refractivity contribution is -0.135. The first-order valence-electron chi connectivity index (χ1n) is 20.7. The van der Waals surface area contributed by atoms with Crippen LogP contribution in [0, 0.1) is 11.3 Å². The average molecular weight is 870 g/mol. The number of benzene rings is 2. The summed E-state index contributed by atoms with van der Waals surface area (Å²) in [5, 5.41) is 27.1. The second-order valence-electron chi connectivity index (χ2n) is 15.8. The third-order valence-electron chi connectivity index (χ3n) is 10.0. The molecule has 0 aliphatic rings. The summed E-state index contributed by atoms with van der Waals surface area (Å²) in [5.41, 5.74) is 13.9. The van der Waals surface area contributed by atoms with Gasteiger partial charge in [0, 0.05) is 56.0 Å². The fourth-order valence-electron chi connectivity index (χ4n) is 6.86. The number of H-pyrrole nitrogens is 2. The topological polar surface area (TPSA) is 324 Å². The standard InChI is InChI=1S/C43H59N13O7/c1-24(2)17-34(52-26(4)57)40(61)51-25(3)38(59)55-36(20-29-22-47-23-50-29)42(63)56-35(18-27-11-6-5-7-12-27)41(62)53-32(15-10-16-48-43(45)46)39(60)54-33(37(44)58)19-28-21-49-31-14-9-8-13-30(28)31/h5-9,11-14,21-25,32-36,49H,10,15-20H2,1-4H3,(H2,44,58)(H,47,50)(H,51,61)(H,52,57)(H,53,62)(H,54,60)(H,55,59)(H,56,63)(H4,45,46,48)/t25-,32-,33-,34-,35-,36-/m0/s1. The van der Waals surface area contributed by atoms with Gasteiger partial charge in [-0.25, -0.2) is 4.98 Å². The Morgan fingerprint density at radius 2 is 1.29 bits per heavy atom. The number of hydrogen-bond donors (Lipinski definition) is 12. The molecular weight excluding hydrogens is 811 g/mol. The molecule has 4 rings (SSSR count). The summed E-state index contributed by atoms with van der Waals surface area (Å²) < 4.78 is 0. The number of hydrogen-bond acceptors (Lipinski definition) is 9. The molecule has 338 valence electrons. The summed E-state index contributed by atoms with van der Waals surface area (Å²) in [7, 11) is 0. The van der Waals surface area contributed by atoms with Gasteiger partial charge in [-0.15, -0.1) is 0 Å². The normalized spacial score (nSPS) is 13.9. The number of primary amides is 1. The highest BCUT2D eigenvalue weighted by Gasteiger charge is 2.33. The van der Waals surface area contributed by atoms with Crippen molar-refractivity contribution in [2.75, 3.05) is 6.54 Å². The summed E-state index contributed by atoms with van der Waals surface area (Å²) in [6.45, 7) is 6.68. The number of carbonyl (C=O) groups is 7. The molecule has 4 aromatic rings. The van der Waals surface area contributed by atoms with Crippen LogP contribution >= 0.6 is 0 Å². The predicted octanol–water partition coefficient (Wildman–Crippen LogP) is -0.338. The fourth-order valence-corrected chi connectivity index (χ4v) is 6.86. The zero-order valence-electron chi connectivity index (χ0n) is 35.9. The Balaban J connectivity index is 1.56. The smallest absolute Gasteiger partial charge is 0.243 e. The molecule has 20 heteroatoms. The van der Waals surface area contributed by atoms with E-state index in [1.165, 1.54) is 26.4 Å². The monoisotopic (exact) mass is 869 g/mol. The van der Waals surface area contributed by atoms with Crippen molar-refractivity contribution in [3.63, 3.8) is 0 Å². The molecule has 0 radical (unpaired) electrons. The van der Waals surface area contributed by atoms with E-state index in [2.05, 4.69) is 52.2 Å². The van der Waals surface area contributed by atoms with Crippen LogP contribution in [0.5, 0.6) is 0 Å². The third kappa shape index (κ3) is 15.6. The maximum Gasteiger partial charge on any atom is 0.243 e. The summed E-state index contributed by atoms with van der Waals surface area (Å²) in [6.07, 6.45) is 5.20. The first-order valence-corrected chi connectivity index (χ1v) is 20.7. The van der Waals surface area contributed by atoms with Crippen LogP contribution in [-0.2, 0) is 52.8 Å². The molecule has 0 saturated carbocycles. The summed E-state index contributed by atoms with van der Waals surface area (Å²) in [5.74, 6) is -4.97. The van der Waals surface area contributed by atoms with Crippen molar-refractivity contribution in [1.29, 1.82) is 5.41 Å². The quantitative estimate of drug-likeness (QED) is 0.0247. The molecule has 2 aromatic carbocycles. The van der Waals surface area contributed by atoms with Crippen LogP contribution in [0.15, 0.2) is 73.3 Å². The van der Waals surface area contributed by atoms with Gasteiger partial charge in [-0.05, 0) is 49.3 Å². The van der Waals surface area contributed by atoms with E-state index in [0.717, 1.165) is 16.5 Å². The molecule has 7 amide bonds. The second-order valence-corrected chi connectivity index (χ2v) is 15.8. The van der Waals surface area contributed by atoms with Crippen molar-refractivity contribution < 1.29 is 33.6 Å². The van der Waals surface area contributed by atoms with Gasteiger partial charge in [0.15, 0.2) is 5.96 Å². The van der Waals surface area contributed by atoms with Gasteiger partial charge in [-0.3, -0.25) is 39.0 Å². The lowest BCUT2D eigenvalue weighted by Crippen LogP contribution is -2.60. The maximum absolute atomic E-state index is 14.3. The van der Waals surface area contributed by atoms with E-state index in [1.54, 1.807) is 36.5 Å². The van der Waals surface area contributed by atoms with Gasteiger partial charge in [0.2, 0.25) is 41.4 Å².